The van der Waals surface area contributed by atoms with E-state index in [1.54, 1.807) is 19.2 Å². The summed E-state index contributed by atoms with van der Waals surface area (Å²) in [4.78, 5) is 37.4. The van der Waals surface area contributed by atoms with E-state index in [2.05, 4.69) is 0 Å². The molecule has 1 saturated heterocycles. The number of benzene rings is 2. The molecule has 2 aliphatic rings. The van der Waals surface area contributed by atoms with Crippen molar-refractivity contribution in [1.82, 2.24) is 10.2 Å². The summed E-state index contributed by atoms with van der Waals surface area (Å²) in [5.41, 5.74) is 2.80. The lowest BCUT2D eigenvalue weighted by Crippen LogP contribution is -2.56. The molecule has 2 aromatic rings. The minimum absolute atomic E-state index is 0.179. The number of amides is 2. The second-order valence-electron chi connectivity index (χ2n) is 9.54. The fraction of sp³-hybridized carbons (Fsp3) is 0.400. The molecule has 1 aliphatic carbocycles. The molecule has 0 radical (unpaired) electrons. The number of rotatable bonds is 5. The molecule has 1 fully saturated rings. The first kappa shape index (κ1) is 24.6. The summed E-state index contributed by atoms with van der Waals surface area (Å²) in [6.45, 7) is 2.37. The zero-order valence-corrected chi connectivity index (χ0v) is 19.1. The van der Waals surface area contributed by atoms with Gasteiger partial charge in [-0.3, -0.25) is 9.59 Å². The van der Waals surface area contributed by atoms with Crippen LogP contribution in [0.2, 0.25) is 0 Å². The SMILES string of the molecule is CC1(C)CN(C(=O)C(NC(=O)OCC2c3ccccc3-c3ccccc32)C(F)(F)F)CC1C(=O)O. The van der Waals surface area contributed by atoms with Crippen LogP contribution in [-0.4, -0.2) is 59.9 Å². The van der Waals surface area contributed by atoms with Gasteiger partial charge >= 0.3 is 18.2 Å². The molecule has 0 spiro atoms. The van der Waals surface area contributed by atoms with Gasteiger partial charge in [0.15, 0.2) is 0 Å². The van der Waals surface area contributed by atoms with Gasteiger partial charge in [0, 0.05) is 19.0 Å². The predicted molar refractivity (Wildman–Crippen MR) is 120 cm³/mol. The van der Waals surface area contributed by atoms with E-state index in [0.717, 1.165) is 27.2 Å². The summed E-state index contributed by atoms with van der Waals surface area (Å²) in [6.07, 6.45) is -6.47. The van der Waals surface area contributed by atoms with Crippen LogP contribution >= 0.6 is 0 Å². The van der Waals surface area contributed by atoms with Gasteiger partial charge in [-0.05, 0) is 27.7 Å². The zero-order valence-electron chi connectivity index (χ0n) is 19.1. The molecule has 0 aromatic heterocycles. The number of hydrogen-bond donors (Lipinski definition) is 2. The van der Waals surface area contributed by atoms with E-state index in [1.807, 2.05) is 48.5 Å². The number of carbonyl (C=O) groups excluding carboxylic acids is 2. The molecule has 2 aromatic carbocycles. The normalized spacial score (nSPS) is 19.6. The van der Waals surface area contributed by atoms with Crippen molar-refractivity contribution in [2.75, 3.05) is 19.7 Å². The predicted octanol–water partition coefficient (Wildman–Crippen LogP) is 4.03. The molecule has 2 unspecified atom stereocenters. The maximum atomic E-state index is 13.7. The number of nitrogens with zero attached hydrogens (tertiary/aromatic N) is 1. The molecular formula is C25H25F3N2O5. The number of likely N-dealkylation sites (tertiary alicyclic amines) is 1. The van der Waals surface area contributed by atoms with Crippen LogP contribution in [0.1, 0.15) is 30.9 Å². The van der Waals surface area contributed by atoms with Crippen LogP contribution in [0.25, 0.3) is 11.1 Å². The molecule has 1 heterocycles. The van der Waals surface area contributed by atoms with Gasteiger partial charge in [-0.2, -0.15) is 13.2 Å². The van der Waals surface area contributed by atoms with Gasteiger partial charge in [0.05, 0.1) is 5.92 Å². The fourth-order valence-corrected chi connectivity index (χ4v) is 4.94. The molecule has 2 amide bonds. The van der Waals surface area contributed by atoms with Gasteiger partial charge in [0.25, 0.3) is 5.91 Å². The molecule has 0 saturated carbocycles. The summed E-state index contributed by atoms with van der Waals surface area (Å²) in [5.74, 6) is -3.99. The second kappa shape index (κ2) is 8.90. The molecule has 0 bridgehead atoms. The molecule has 1 aliphatic heterocycles. The summed E-state index contributed by atoms with van der Waals surface area (Å²) in [5, 5.41) is 11.0. The number of aliphatic carboxylic acids is 1. The number of nitrogens with one attached hydrogen (secondary N) is 1. The largest absolute Gasteiger partial charge is 0.481 e. The van der Waals surface area contributed by atoms with Crippen LogP contribution in [0.3, 0.4) is 0 Å². The number of carboxylic acid groups (broad SMARTS) is 1. The Kier molecular flexibility index (Phi) is 6.25. The van der Waals surface area contributed by atoms with Gasteiger partial charge in [0.2, 0.25) is 6.04 Å². The third kappa shape index (κ3) is 4.69. The Labute approximate surface area is 199 Å². The highest BCUT2D eigenvalue weighted by atomic mass is 19.4. The van der Waals surface area contributed by atoms with Crippen molar-refractivity contribution >= 4 is 18.0 Å². The van der Waals surface area contributed by atoms with Crippen LogP contribution in [0, 0.1) is 11.3 Å². The van der Waals surface area contributed by atoms with E-state index in [9.17, 15) is 32.7 Å². The molecule has 35 heavy (non-hydrogen) atoms. The van der Waals surface area contributed by atoms with Crippen molar-refractivity contribution in [2.45, 2.75) is 32.0 Å². The standard InChI is InChI=1S/C25H25F3N2O5/c1-24(2)13-30(11-19(24)22(32)33)21(31)20(25(26,27)28)29-23(34)35-12-18-16-9-5-3-7-14(16)15-8-4-6-10-17(15)18/h3-10,18-20H,11-13H2,1-2H3,(H,29,34)(H,32,33). The average molecular weight is 490 g/mol. The summed E-state index contributed by atoms with van der Waals surface area (Å²) in [7, 11) is 0. The van der Waals surface area contributed by atoms with E-state index >= 15 is 0 Å². The Morgan fingerprint density at radius 2 is 1.63 bits per heavy atom. The van der Waals surface area contributed by atoms with Crippen molar-refractivity contribution in [3.8, 4) is 11.1 Å². The first-order valence-corrected chi connectivity index (χ1v) is 11.1. The molecule has 2 atom stereocenters. The molecule has 4 rings (SSSR count). The van der Waals surface area contributed by atoms with Crippen molar-refractivity contribution in [3.05, 3.63) is 59.7 Å². The second-order valence-corrected chi connectivity index (χ2v) is 9.54. The highest BCUT2D eigenvalue weighted by Crippen LogP contribution is 2.44. The van der Waals surface area contributed by atoms with Crippen LogP contribution in [0.4, 0.5) is 18.0 Å². The molecule has 186 valence electrons. The Hall–Kier alpha value is -3.56. The lowest BCUT2D eigenvalue weighted by molar-refractivity contribution is -0.174. The smallest absolute Gasteiger partial charge is 0.417 e. The third-order valence-corrected chi connectivity index (χ3v) is 6.73. The van der Waals surface area contributed by atoms with Crippen LogP contribution in [0.5, 0.6) is 0 Å². The Bertz CT molecular complexity index is 1120. The number of fused-ring (bicyclic) bond motifs is 3. The van der Waals surface area contributed by atoms with Gasteiger partial charge in [0.1, 0.15) is 6.61 Å². The molecule has 7 nitrogen and oxygen atoms in total. The molecule has 2 N–H and O–H groups in total. The van der Waals surface area contributed by atoms with Gasteiger partial charge < -0.3 is 20.1 Å². The van der Waals surface area contributed by atoms with Crippen LogP contribution in [0.15, 0.2) is 48.5 Å². The highest BCUT2D eigenvalue weighted by Gasteiger charge is 2.52. The highest BCUT2D eigenvalue weighted by molar-refractivity contribution is 5.88. The van der Waals surface area contributed by atoms with Crippen molar-refractivity contribution < 1.29 is 37.4 Å². The summed E-state index contributed by atoms with van der Waals surface area (Å²) in [6, 6.07) is 12.2. The van der Waals surface area contributed by atoms with E-state index in [0.29, 0.717) is 0 Å². The fourth-order valence-electron chi connectivity index (χ4n) is 4.94. The number of alkyl halides is 3. The van der Waals surface area contributed by atoms with Gasteiger partial charge in [-0.25, -0.2) is 4.79 Å². The summed E-state index contributed by atoms with van der Waals surface area (Å²) >= 11 is 0. The number of hydrogen-bond acceptors (Lipinski definition) is 4. The first-order chi connectivity index (χ1) is 16.4. The average Bonchev–Trinajstić information content (AvgIpc) is 3.29. The lowest BCUT2D eigenvalue weighted by Gasteiger charge is -2.27. The quantitative estimate of drug-likeness (QED) is 0.660. The van der Waals surface area contributed by atoms with Crippen molar-refractivity contribution in [1.29, 1.82) is 0 Å². The minimum atomic E-state index is -5.09. The van der Waals surface area contributed by atoms with Crippen molar-refractivity contribution in [2.24, 2.45) is 11.3 Å². The van der Waals surface area contributed by atoms with E-state index < -0.39 is 41.5 Å². The maximum Gasteiger partial charge on any atom is 0.417 e. The van der Waals surface area contributed by atoms with Crippen molar-refractivity contribution in [3.63, 3.8) is 0 Å². The maximum absolute atomic E-state index is 13.7. The van der Waals surface area contributed by atoms with E-state index in [1.165, 1.54) is 0 Å². The third-order valence-electron chi connectivity index (χ3n) is 6.73. The van der Waals surface area contributed by atoms with Gasteiger partial charge in [-0.1, -0.05) is 62.4 Å². The number of carbonyl (C=O) groups is 3. The number of ether oxygens (including phenoxy) is 1. The zero-order chi connectivity index (χ0) is 25.5. The lowest BCUT2D eigenvalue weighted by atomic mass is 9.82. The Morgan fingerprint density at radius 3 is 2.11 bits per heavy atom. The Balaban J connectivity index is 1.46. The van der Waals surface area contributed by atoms with Crippen LogP contribution < -0.4 is 5.32 Å². The monoisotopic (exact) mass is 490 g/mol. The first-order valence-electron chi connectivity index (χ1n) is 11.1. The molecular weight excluding hydrogens is 465 g/mol. The van der Waals surface area contributed by atoms with Gasteiger partial charge in [-0.15, -0.1) is 0 Å². The number of halogens is 3. The Morgan fingerprint density at radius 1 is 1.09 bits per heavy atom. The summed E-state index contributed by atoms with van der Waals surface area (Å²) < 4.78 is 46.4. The van der Waals surface area contributed by atoms with E-state index in [-0.39, 0.29) is 25.6 Å². The number of carboxylic acids is 1. The molecule has 10 heteroatoms. The van der Waals surface area contributed by atoms with E-state index in [4.69, 9.17) is 4.74 Å². The topological polar surface area (TPSA) is 95.9 Å². The van der Waals surface area contributed by atoms with Crippen LogP contribution in [-0.2, 0) is 14.3 Å². The minimum Gasteiger partial charge on any atom is -0.481 e. The number of alkyl carbamates (subject to hydrolysis) is 1.